The zero-order chi connectivity index (χ0) is 30.9. The summed E-state index contributed by atoms with van der Waals surface area (Å²) in [6, 6.07) is 17.3. The summed E-state index contributed by atoms with van der Waals surface area (Å²) in [6.45, 7) is 5.02. The molecule has 13 heteroatoms. The monoisotopic (exact) mass is 613 g/mol. The van der Waals surface area contributed by atoms with Crippen LogP contribution in [0.3, 0.4) is 0 Å². The van der Waals surface area contributed by atoms with E-state index in [1.165, 1.54) is 7.05 Å². The fourth-order valence-electron chi connectivity index (χ4n) is 4.68. The van der Waals surface area contributed by atoms with E-state index < -0.39 is 45.1 Å². The molecule has 1 heterocycles. The van der Waals surface area contributed by atoms with Gasteiger partial charge >= 0.3 is 5.97 Å². The number of fused-ring (bicyclic) bond motifs is 1. The number of anilines is 3. The molecule has 2 unspecified atom stereocenters. The first-order valence-corrected chi connectivity index (χ1v) is 15.7. The Labute approximate surface area is 246 Å². The molecule has 0 aliphatic rings. The highest BCUT2D eigenvalue weighted by Gasteiger charge is 2.33. The number of benzene rings is 3. The van der Waals surface area contributed by atoms with E-state index in [-0.39, 0.29) is 11.4 Å². The number of hydrogen-bond acceptors (Lipinski definition) is 6. The minimum Gasteiger partial charge on any atom is -0.480 e. The van der Waals surface area contributed by atoms with Crippen LogP contribution < -0.4 is 13.9 Å². The summed E-state index contributed by atoms with van der Waals surface area (Å²) in [5.74, 6) is -2.05. The van der Waals surface area contributed by atoms with Crippen LogP contribution in [0.25, 0.3) is 22.1 Å². The van der Waals surface area contributed by atoms with Crippen molar-refractivity contribution in [3.8, 4) is 11.1 Å². The number of carbonyl (C=O) groups excluding carboxylic acids is 1. The van der Waals surface area contributed by atoms with Gasteiger partial charge < -0.3 is 14.8 Å². The quantitative estimate of drug-likeness (QED) is 0.208. The summed E-state index contributed by atoms with van der Waals surface area (Å²) in [6.07, 6.45) is 1.10. The molecule has 1 amide bonds. The summed E-state index contributed by atoms with van der Waals surface area (Å²) >= 11 is -2.54. The number of carbonyl (C=O) groups is 2. The van der Waals surface area contributed by atoms with Gasteiger partial charge in [-0.25, -0.2) is 17.4 Å². The van der Waals surface area contributed by atoms with E-state index in [9.17, 15) is 31.9 Å². The van der Waals surface area contributed by atoms with Crippen LogP contribution in [0, 0.1) is 12.8 Å². The van der Waals surface area contributed by atoms with Gasteiger partial charge in [0.15, 0.2) is 5.76 Å². The Kier molecular flexibility index (Phi) is 8.76. The van der Waals surface area contributed by atoms with E-state index in [1.807, 2.05) is 0 Å². The number of rotatable bonds is 10. The molecule has 4 rings (SSSR count). The highest BCUT2D eigenvalue weighted by molar-refractivity contribution is 7.92. The van der Waals surface area contributed by atoms with Crippen molar-refractivity contribution >= 4 is 61.2 Å². The Morgan fingerprint density at radius 2 is 1.55 bits per heavy atom. The third-order valence-corrected chi connectivity index (χ3v) is 8.84. The molecule has 0 bridgehead atoms. The van der Waals surface area contributed by atoms with Gasteiger partial charge in [0.1, 0.15) is 11.6 Å². The highest BCUT2D eigenvalue weighted by Crippen LogP contribution is 2.35. The molecular formula is C29H31N3O8S2. The second-order valence-electron chi connectivity index (χ2n) is 10.1. The Balaban J connectivity index is 1.55. The Hall–Kier alpha value is -4.20. The van der Waals surface area contributed by atoms with Crippen molar-refractivity contribution in [2.75, 3.05) is 27.2 Å². The lowest BCUT2D eigenvalue weighted by Crippen LogP contribution is -2.45. The van der Waals surface area contributed by atoms with Gasteiger partial charge in [-0.3, -0.25) is 18.0 Å². The lowest BCUT2D eigenvalue weighted by molar-refractivity contribution is -0.139. The van der Waals surface area contributed by atoms with Crippen LogP contribution in [0.4, 0.5) is 17.1 Å². The number of aliphatic carboxylic acids is 1. The number of nitrogens with zero attached hydrogens (tertiary/aromatic N) is 2. The summed E-state index contributed by atoms with van der Waals surface area (Å²) in [7, 11) is -2.09. The lowest BCUT2D eigenvalue weighted by Gasteiger charge is -2.29. The number of carboxylic acids is 1. The smallest absolute Gasteiger partial charge is 0.327 e. The van der Waals surface area contributed by atoms with Crippen LogP contribution in [0.5, 0.6) is 0 Å². The molecule has 0 saturated carbocycles. The predicted octanol–water partition coefficient (Wildman–Crippen LogP) is 5.11. The van der Waals surface area contributed by atoms with Crippen LogP contribution in [0.1, 0.15) is 30.0 Å². The SMILES string of the molecule is Cc1c(C(=O)Nc2ccc(-c3ccc(N(C(C(=O)O)C(C)C)S(=O)O)cc3)cc2)oc2cccc(N(C)S(C)(=O)=O)c12. The molecule has 222 valence electrons. The highest BCUT2D eigenvalue weighted by atomic mass is 32.2. The fraction of sp³-hybridized carbons (Fsp3) is 0.241. The van der Waals surface area contributed by atoms with Gasteiger partial charge in [0.2, 0.25) is 10.0 Å². The van der Waals surface area contributed by atoms with Gasteiger partial charge in [-0.15, -0.1) is 0 Å². The maximum atomic E-state index is 13.1. The fourth-order valence-corrected chi connectivity index (χ4v) is 6.02. The molecule has 0 fully saturated rings. The summed E-state index contributed by atoms with van der Waals surface area (Å²) in [5, 5.41) is 12.9. The maximum Gasteiger partial charge on any atom is 0.327 e. The molecule has 4 aromatic rings. The van der Waals surface area contributed by atoms with Crippen molar-refractivity contribution in [3.05, 3.63) is 78.1 Å². The van der Waals surface area contributed by atoms with Crippen LogP contribution in [0.15, 0.2) is 71.1 Å². The summed E-state index contributed by atoms with van der Waals surface area (Å²) in [5.41, 5.74) is 3.65. The molecule has 3 aromatic carbocycles. The molecule has 0 aliphatic carbocycles. The second-order valence-corrected chi connectivity index (χ2v) is 13.0. The van der Waals surface area contributed by atoms with Crippen LogP contribution in [0.2, 0.25) is 0 Å². The second kappa shape index (κ2) is 12.0. The first-order chi connectivity index (χ1) is 19.7. The average molecular weight is 614 g/mol. The van der Waals surface area contributed by atoms with Gasteiger partial charge in [0.05, 0.1) is 17.6 Å². The van der Waals surface area contributed by atoms with Crippen molar-refractivity contribution in [2.45, 2.75) is 26.8 Å². The average Bonchev–Trinajstić information content (AvgIpc) is 3.27. The molecule has 11 nitrogen and oxygen atoms in total. The Morgan fingerprint density at radius 1 is 0.976 bits per heavy atom. The predicted molar refractivity (Wildman–Crippen MR) is 164 cm³/mol. The number of carboxylic acid groups (broad SMARTS) is 1. The Morgan fingerprint density at radius 3 is 2.05 bits per heavy atom. The molecule has 1 aromatic heterocycles. The maximum absolute atomic E-state index is 13.1. The van der Waals surface area contributed by atoms with Crippen molar-refractivity contribution < 1.29 is 36.3 Å². The number of nitrogens with one attached hydrogen (secondary N) is 1. The van der Waals surface area contributed by atoms with Crippen molar-refractivity contribution in [1.82, 2.24) is 0 Å². The van der Waals surface area contributed by atoms with Crippen LogP contribution >= 0.6 is 0 Å². The van der Waals surface area contributed by atoms with E-state index in [0.29, 0.717) is 27.9 Å². The van der Waals surface area contributed by atoms with E-state index >= 15 is 0 Å². The summed E-state index contributed by atoms with van der Waals surface area (Å²) in [4.78, 5) is 24.9. The molecule has 0 aliphatic heterocycles. The number of amides is 1. The van der Waals surface area contributed by atoms with Crippen molar-refractivity contribution in [2.24, 2.45) is 5.92 Å². The number of aryl methyl sites for hydroxylation is 1. The van der Waals surface area contributed by atoms with Gasteiger partial charge in [-0.05, 0) is 60.4 Å². The Bertz CT molecular complexity index is 1770. The molecular weight excluding hydrogens is 582 g/mol. The molecule has 0 saturated heterocycles. The molecule has 2 atom stereocenters. The van der Waals surface area contributed by atoms with Crippen LogP contribution in [-0.4, -0.2) is 53.5 Å². The molecule has 0 spiro atoms. The number of sulfonamides is 1. The van der Waals surface area contributed by atoms with Gasteiger partial charge in [-0.1, -0.05) is 44.2 Å². The van der Waals surface area contributed by atoms with Crippen molar-refractivity contribution in [3.63, 3.8) is 0 Å². The molecule has 3 N–H and O–H groups in total. The number of hydrogen-bond donors (Lipinski definition) is 3. The lowest BCUT2D eigenvalue weighted by atomic mass is 10.0. The van der Waals surface area contributed by atoms with Gasteiger partial charge in [-0.2, -0.15) is 0 Å². The zero-order valence-corrected chi connectivity index (χ0v) is 25.2. The topological polar surface area (TPSA) is 157 Å². The summed E-state index contributed by atoms with van der Waals surface area (Å²) < 4.78 is 53.9. The third kappa shape index (κ3) is 6.17. The number of furan rings is 1. The molecule has 0 radical (unpaired) electrons. The minimum atomic E-state index is -3.53. The molecule has 42 heavy (non-hydrogen) atoms. The first-order valence-electron chi connectivity index (χ1n) is 12.8. The zero-order valence-electron chi connectivity index (χ0n) is 23.6. The normalized spacial score (nSPS) is 13.1. The van der Waals surface area contributed by atoms with E-state index in [4.69, 9.17) is 4.42 Å². The van der Waals surface area contributed by atoms with Gasteiger partial charge in [0.25, 0.3) is 17.2 Å². The van der Waals surface area contributed by atoms with E-state index in [1.54, 1.807) is 87.5 Å². The third-order valence-electron chi connectivity index (χ3n) is 6.88. The van der Waals surface area contributed by atoms with Crippen LogP contribution in [-0.2, 0) is 26.1 Å². The van der Waals surface area contributed by atoms with Crippen molar-refractivity contribution in [1.29, 1.82) is 0 Å². The van der Waals surface area contributed by atoms with Gasteiger partial charge in [0, 0.05) is 23.7 Å². The standard InChI is InChI=1S/C29H31N3O8S2/c1-17(2)26(29(34)35)32(41(36)37)22-15-11-20(12-16-22)19-9-13-21(14-10-19)30-28(33)27-18(3)25-23(31(4)42(5,38)39)7-6-8-24(25)40-27/h6-17,26H,1-5H3,(H,30,33)(H,34,35)(H,36,37). The largest absolute Gasteiger partial charge is 0.480 e. The minimum absolute atomic E-state index is 0.0610. The first kappa shape index (κ1) is 30.8. The van der Waals surface area contributed by atoms with E-state index in [2.05, 4.69) is 5.32 Å². The van der Waals surface area contributed by atoms with E-state index in [0.717, 1.165) is 26.0 Å².